The Morgan fingerprint density at radius 2 is 2.40 bits per heavy atom. The van der Waals surface area contributed by atoms with Crippen LogP contribution in [0.5, 0.6) is 0 Å². The van der Waals surface area contributed by atoms with Gasteiger partial charge in [-0.25, -0.2) is 4.39 Å². The Kier molecular flexibility index (Phi) is 2.86. The van der Waals surface area contributed by atoms with Crippen molar-refractivity contribution in [3.05, 3.63) is 29.6 Å². The number of aliphatic hydroxyl groups is 1. The summed E-state index contributed by atoms with van der Waals surface area (Å²) in [5.74, 6) is -0.346. The minimum absolute atomic E-state index is 0.304. The number of ether oxygens (including phenoxy) is 1. The van der Waals surface area contributed by atoms with Crippen LogP contribution in [0.3, 0.4) is 0 Å². The monoisotopic (exact) mass is 212 g/mol. The molecule has 5 heteroatoms. The molecule has 1 aliphatic rings. The van der Waals surface area contributed by atoms with Crippen LogP contribution < -0.4 is 10.6 Å². The van der Waals surface area contributed by atoms with Crippen LogP contribution in [0.1, 0.15) is 5.56 Å². The molecule has 15 heavy (non-hydrogen) atoms. The molecule has 0 bridgehead atoms. The first-order valence-corrected chi connectivity index (χ1v) is 4.77. The summed E-state index contributed by atoms with van der Waals surface area (Å²) < 4.78 is 18.1. The van der Waals surface area contributed by atoms with Crippen LogP contribution >= 0.6 is 0 Å². The third-order valence-corrected chi connectivity index (χ3v) is 2.44. The zero-order valence-corrected chi connectivity index (χ0v) is 8.19. The molecule has 0 aliphatic carbocycles. The van der Waals surface area contributed by atoms with E-state index in [0.29, 0.717) is 25.4 Å². The van der Waals surface area contributed by atoms with Gasteiger partial charge in [0, 0.05) is 18.8 Å². The first kappa shape index (κ1) is 10.4. The molecule has 1 atom stereocenters. The van der Waals surface area contributed by atoms with Gasteiger partial charge in [0.05, 0.1) is 6.61 Å². The van der Waals surface area contributed by atoms with E-state index in [-0.39, 0.29) is 5.82 Å². The highest BCUT2D eigenvalue weighted by Gasteiger charge is 2.24. The fraction of sp³-hybridized carbons (Fsp3) is 0.400. The van der Waals surface area contributed by atoms with Gasteiger partial charge in [-0.1, -0.05) is 6.07 Å². The lowest BCUT2D eigenvalue weighted by Gasteiger charge is -2.23. The van der Waals surface area contributed by atoms with Gasteiger partial charge in [0.1, 0.15) is 5.82 Å². The van der Waals surface area contributed by atoms with Crippen molar-refractivity contribution in [2.24, 2.45) is 5.73 Å². The molecule has 0 saturated carbocycles. The van der Waals surface area contributed by atoms with Crippen LogP contribution in [-0.4, -0.2) is 24.7 Å². The summed E-state index contributed by atoms with van der Waals surface area (Å²) >= 11 is 0. The summed E-state index contributed by atoms with van der Waals surface area (Å²) in [6.07, 6.45) is -1.00. The predicted octanol–water partition coefficient (Wildman–Crippen LogP) is 0.397. The Bertz CT molecular complexity index is 359. The molecule has 1 fully saturated rings. The van der Waals surface area contributed by atoms with E-state index in [2.05, 4.69) is 0 Å². The SMILES string of the molecule is NCc1ccc(F)cc1N1CCOC1O. The van der Waals surface area contributed by atoms with Crippen LogP contribution in [0.2, 0.25) is 0 Å². The van der Waals surface area contributed by atoms with Gasteiger partial charge in [-0.3, -0.25) is 0 Å². The summed E-state index contributed by atoms with van der Waals surface area (Å²) in [6, 6.07) is 4.34. The van der Waals surface area contributed by atoms with Gasteiger partial charge < -0.3 is 20.5 Å². The average Bonchev–Trinajstić information content (AvgIpc) is 2.64. The van der Waals surface area contributed by atoms with Crippen molar-refractivity contribution >= 4 is 5.69 Å². The summed E-state index contributed by atoms with van der Waals surface area (Å²) in [5, 5.41) is 9.49. The molecule has 1 aromatic rings. The van der Waals surface area contributed by atoms with E-state index in [9.17, 15) is 9.50 Å². The lowest BCUT2D eigenvalue weighted by Crippen LogP contribution is -2.30. The quantitative estimate of drug-likeness (QED) is 0.745. The van der Waals surface area contributed by atoms with Crippen LogP contribution in [0.15, 0.2) is 18.2 Å². The van der Waals surface area contributed by atoms with Crippen molar-refractivity contribution in [1.29, 1.82) is 0 Å². The number of halogens is 1. The van der Waals surface area contributed by atoms with Gasteiger partial charge in [0.25, 0.3) is 0 Å². The number of aliphatic hydroxyl groups excluding tert-OH is 1. The summed E-state index contributed by atoms with van der Waals surface area (Å²) in [6.45, 7) is 1.28. The molecule has 1 unspecified atom stereocenters. The zero-order chi connectivity index (χ0) is 10.8. The van der Waals surface area contributed by atoms with E-state index in [1.807, 2.05) is 0 Å². The Morgan fingerprint density at radius 3 is 3.00 bits per heavy atom. The number of nitrogens with zero attached hydrogens (tertiary/aromatic N) is 1. The van der Waals surface area contributed by atoms with Crippen molar-refractivity contribution < 1.29 is 14.2 Å². The summed E-state index contributed by atoms with van der Waals surface area (Å²) in [4.78, 5) is 1.59. The average molecular weight is 212 g/mol. The molecule has 82 valence electrons. The number of anilines is 1. The molecule has 1 aromatic carbocycles. The van der Waals surface area contributed by atoms with Gasteiger partial charge in [-0.05, 0) is 17.7 Å². The van der Waals surface area contributed by atoms with Crippen LogP contribution in [-0.2, 0) is 11.3 Å². The van der Waals surface area contributed by atoms with E-state index in [4.69, 9.17) is 10.5 Å². The molecular weight excluding hydrogens is 199 g/mol. The number of nitrogens with two attached hydrogens (primary N) is 1. The molecule has 0 amide bonds. The van der Waals surface area contributed by atoms with Crippen LogP contribution in [0.4, 0.5) is 10.1 Å². The molecule has 0 radical (unpaired) electrons. The molecule has 2 rings (SSSR count). The van der Waals surface area contributed by atoms with Crippen LogP contribution in [0, 0.1) is 5.82 Å². The van der Waals surface area contributed by atoms with E-state index in [1.165, 1.54) is 12.1 Å². The summed E-state index contributed by atoms with van der Waals surface area (Å²) in [7, 11) is 0. The molecule has 0 aromatic heterocycles. The van der Waals surface area contributed by atoms with Gasteiger partial charge >= 0.3 is 0 Å². The lowest BCUT2D eigenvalue weighted by molar-refractivity contribution is -0.0574. The number of hydrogen-bond donors (Lipinski definition) is 2. The lowest BCUT2D eigenvalue weighted by atomic mass is 10.1. The van der Waals surface area contributed by atoms with E-state index in [0.717, 1.165) is 5.56 Å². The topological polar surface area (TPSA) is 58.7 Å². The third kappa shape index (κ3) is 1.94. The Labute approximate surface area is 87.1 Å². The molecule has 0 spiro atoms. The van der Waals surface area contributed by atoms with Gasteiger partial charge in [0.15, 0.2) is 0 Å². The molecule has 1 heterocycles. The molecule has 1 aliphatic heterocycles. The predicted molar refractivity (Wildman–Crippen MR) is 53.6 cm³/mol. The second kappa shape index (κ2) is 4.14. The standard InChI is InChI=1S/C10H13FN2O2/c11-8-2-1-7(6-12)9(5-8)13-3-4-15-10(13)14/h1-2,5,10,14H,3-4,6,12H2. The maximum atomic E-state index is 13.1. The largest absolute Gasteiger partial charge is 0.351 e. The maximum Gasteiger partial charge on any atom is 0.238 e. The van der Waals surface area contributed by atoms with Gasteiger partial charge in [0.2, 0.25) is 6.41 Å². The maximum absolute atomic E-state index is 13.1. The third-order valence-electron chi connectivity index (χ3n) is 2.44. The second-order valence-corrected chi connectivity index (χ2v) is 3.37. The van der Waals surface area contributed by atoms with Crippen LogP contribution in [0.25, 0.3) is 0 Å². The molecule has 4 nitrogen and oxygen atoms in total. The van der Waals surface area contributed by atoms with E-state index >= 15 is 0 Å². The Balaban J connectivity index is 2.36. The van der Waals surface area contributed by atoms with Crippen molar-refractivity contribution in [1.82, 2.24) is 0 Å². The normalized spacial score (nSPS) is 21.0. The van der Waals surface area contributed by atoms with Gasteiger partial charge in [-0.2, -0.15) is 0 Å². The van der Waals surface area contributed by atoms with Crippen molar-refractivity contribution in [2.45, 2.75) is 13.0 Å². The second-order valence-electron chi connectivity index (χ2n) is 3.37. The molecule has 3 N–H and O–H groups in total. The first-order chi connectivity index (χ1) is 7.22. The highest BCUT2D eigenvalue weighted by atomic mass is 19.1. The van der Waals surface area contributed by atoms with Gasteiger partial charge in [-0.15, -0.1) is 0 Å². The van der Waals surface area contributed by atoms with E-state index < -0.39 is 6.41 Å². The summed E-state index contributed by atoms with van der Waals surface area (Å²) in [5.41, 5.74) is 6.93. The fourth-order valence-electron chi connectivity index (χ4n) is 1.67. The highest BCUT2D eigenvalue weighted by Crippen LogP contribution is 2.25. The Morgan fingerprint density at radius 1 is 1.60 bits per heavy atom. The highest BCUT2D eigenvalue weighted by molar-refractivity contribution is 5.54. The first-order valence-electron chi connectivity index (χ1n) is 4.77. The fourth-order valence-corrected chi connectivity index (χ4v) is 1.67. The number of benzene rings is 1. The van der Waals surface area contributed by atoms with Crippen molar-refractivity contribution in [2.75, 3.05) is 18.1 Å². The van der Waals surface area contributed by atoms with E-state index in [1.54, 1.807) is 11.0 Å². The minimum Gasteiger partial charge on any atom is -0.351 e. The number of rotatable bonds is 2. The molecular formula is C10H13FN2O2. The van der Waals surface area contributed by atoms with Crippen molar-refractivity contribution in [3.63, 3.8) is 0 Å². The zero-order valence-electron chi connectivity index (χ0n) is 8.19. The molecule has 1 saturated heterocycles. The Hall–Kier alpha value is -1.17. The smallest absolute Gasteiger partial charge is 0.238 e. The van der Waals surface area contributed by atoms with Crippen molar-refractivity contribution in [3.8, 4) is 0 Å². The number of hydrogen-bond acceptors (Lipinski definition) is 4. The minimum atomic E-state index is -1.00.